The van der Waals surface area contributed by atoms with Gasteiger partial charge in [-0.05, 0) is 50.8 Å². The topological polar surface area (TPSA) is 73.3 Å². The van der Waals surface area contributed by atoms with Gasteiger partial charge in [-0.1, -0.05) is 6.07 Å². The van der Waals surface area contributed by atoms with Gasteiger partial charge in [-0.25, -0.2) is 0 Å². The Balaban J connectivity index is 0.00000784. The van der Waals surface area contributed by atoms with Gasteiger partial charge in [0.2, 0.25) is 0 Å². The summed E-state index contributed by atoms with van der Waals surface area (Å²) >= 11 is 0. The van der Waals surface area contributed by atoms with Crippen molar-refractivity contribution in [3.05, 3.63) is 23.8 Å². The van der Waals surface area contributed by atoms with Crippen LogP contribution in [0.2, 0.25) is 0 Å². The molecule has 0 aliphatic rings. The quantitative estimate of drug-likeness (QED) is 0.159. The first-order valence-electron chi connectivity index (χ1n) is 10.1. The van der Waals surface area contributed by atoms with Crippen molar-refractivity contribution in [3.63, 3.8) is 0 Å². The van der Waals surface area contributed by atoms with Gasteiger partial charge in [0, 0.05) is 33.9 Å². The predicted octanol–water partition coefficient (Wildman–Crippen LogP) is 3.25. The van der Waals surface area contributed by atoms with E-state index in [1.54, 1.807) is 14.2 Å². The van der Waals surface area contributed by atoms with Gasteiger partial charge in [0.05, 0.1) is 26.4 Å². The van der Waals surface area contributed by atoms with Gasteiger partial charge in [-0.2, -0.15) is 0 Å². The van der Waals surface area contributed by atoms with Crippen LogP contribution in [-0.2, 0) is 15.9 Å². The molecule has 0 heterocycles. The molecule has 0 saturated heterocycles. The van der Waals surface area contributed by atoms with E-state index in [-0.39, 0.29) is 24.0 Å². The highest BCUT2D eigenvalue weighted by atomic mass is 127. The Hall–Kier alpha value is -1.26. The minimum atomic E-state index is 0. The van der Waals surface area contributed by atoms with Crippen molar-refractivity contribution >= 4 is 29.9 Å². The summed E-state index contributed by atoms with van der Waals surface area (Å²) in [5.74, 6) is 2.41. The second kappa shape index (κ2) is 18.7. The maximum Gasteiger partial charge on any atom is 0.190 e. The Bertz CT molecular complexity index is 559. The summed E-state index contributed by atoms with van der Waals surface area (Å²) in [7, 11) is 3.47. The largest absolute Gasteiger partial charge is 0.490 e. The Morgan fingerprint density at radius 3 is 2.34 bits per heavy atom. The number of halogens is 1. The van der Waals surface area contributed by atoms with Gasteiger partial charge < -0.3 is 29.6 Å². The molecule has 0 aromatic heterocycles. The molecule has 2 N–H and O–H groups in total. The predicted molar refractivity (Wildman–Crippen MR) is 129 cm³/mol. The standard InChI is InChI=1S/C21H37N3O4.HI/c1-5-27-19-10-9-18(17-20(19)28-6-2)11-13-24-21(22-3)23-12-7-8-14-26-16-15-25-4;/h9-10,17H,5-8,11-16H2,1-4H3,(H2,22,23,24);1H. The van der Waals surface area contributed by atoms with Crippen LogP contribution in [-0.4, -0.2) is 66.2 Å². The first-order chi connectivity index (χ1) is 13.7. The molecule has 8 heteroatoms. The number of methoxy groups -OCH3 is 1. The summed E-state index contributed by atoms with van der Waals surface area (Å²) in [4.78, 5) is 4.26. The fraction of sp³-hybridized carbons (Fsp3) is 0.667. The molecular weight excluding hydrogens is 485 g/mol. The molecule has 0 saturated carbocycles. The third-order valence-electron chi connectivity index (χ3n) is 3.98. The van der Waals surface area contributed by atoms with E-state index in [0.29, 0.717) is 26.4 Å². The van der Waals surface area contributed by atoms with Crippen molar-refractivity contribution in [3.8, 4) is 11.5 Å². The van der Waals surface area contributed by atoms with Crippen LogP contribution in [0.1, 0.15) is 32.3 Å². The number of nitrogens with one attached hydrogen (secondary N) is 2. The number of rotatable bonds is 15. The fourth-order valence-electron chi connectivity index (χ4n) is 2.58. The Morgan fingerprint density at radius 1 is 0.931 bits per heavy atom. The first-order valence-corrected chi connectivity index (χ1v) is 10.1. The fourth-order valence-corrected chi connectivity index (χ4v) is 2.58. The van der Waals surface area contributed by atoms with Gasteiger partial charge >= 0.3 is 0 Å². The van der Waals surface area contributed by atoms with Crippen molar-refractivity contribution < 1.29 is 18.9 Å². The van der Waals surface area contributed by atoms with Crippen molar-refractivity contribution in [2.45, 2.75) is 33.1 Å². The summed E-state index contributed by atoms with van der Waals surface area (Å²) in [6, 6.07) is 6.11. The van der Waals surface area contributed by atoms with Crippen LogP contribution in [0.3, 0.4) is 0 Å². The van der Waals surface area contributed by atoms with E-state index < -0.39 is 0 Å². The zero-order valence-electron chi connectivity index (χ0n) is 18.3. The van der Waals surface area contributed by atoms with E-state index in [1.807, 2.05) is 19.9 Å². The molecule has 1 aromatic rings. The Kier molecular flexibility index (Phi) is 17.9. The Morgan fingerprint density at radius 2 is 1.66 bits per heavy atom. The molecule has 1 aromatic carbocycles. The monoisotopic (exact) mass is 523 g/mol. The highest BCUT2D eigenvalue weighted by molar-refractivity contribution is 14.0. The van der Waals surface area contributed by atoms with E-state index in [2.05, 4.69) is 27.8 Å². The summed E-state index contributed by atoms with van der Waals surface area (Å²) in [6.07, 6.45) is 2.92. The second-order valence-electron chi connectivity index (χ2n) is 6.14. The van der Waals surface area contributed by atoms with E-state index in [9.17, 15) is 0 Å². The molecule has 0 radical (unpaired) electrons. The highest BCUT2D eigenvalue weighted by Crippen LogP contribution is 2.28. The molecule has 0 unspecified atom stereocenters. The highest BCUT2D eigenvalue weighted by Gasteiger charge is 2.06. The van der Waals surface area contributed by atoms with Gasteiger partial charge in [0.15, 0.2) is 17.5 Å². The minimum Gasteiger partial charge on any atom is -0.490 e. The smallest absolute Gasteiger partial charge is 0.190 e. The molecule has 0 amide bonds. The normalized spacial score (nSPS) is 11.0. The molecule has 0 bridgehead atoms. The average molecular weight is 523 g/mol. The summed E-state index contributed by atoms with van der Waals surface area (Å²) < 4.78 is 21.7. The third-order valence-corrected chi connectivity index (χ3v) is 3.98. The van der Waals surface area contributed by atoms with E-state index in [0.717, 1.165) is 56.4 Å². The molecule has 0 atom stereocenters. The summed E-state index contributed by atoms with van der Waals surface area (Å²) in [5.41, 5.74) is 1.20. The SMILES string of the molecule is CCOc1ccc(CCNC(=NC)NCCCCOCCOC)cc1OCC.I. The number of guanidine groups is 1. The first kappa shape index (κ1) is 27.7. The average Bonchev–Trinajstić information content (AvgIpc) is 2.70. The number of unbranched alkanes of at least 4 members (excludes halogenated alkanes) is 1. The molecule has 0 aliphatic carbocycles. The number of nitrogens with zero attached hydrogens (tertiary/aromatic N) is 1. The van der Waals surface area contributed by atoms with Crippen LogP contribution in [0.5, 0.6) is 11.5 Å². The molecular formula is C21H38IN3O4. The number of ether oxygens (including phenoxy) is 4. The lowest BCUT2D eigenvalue weighted by Gasteiger charge is -2.14. The number of hydrogen-bond acceptors (Lipinski definition) is 5. The summed E-state index contributed by atoms with van der Waals surface area (Å²) in [5, 5.41) is 6.68. The van der Waals surface area contributed by atoms with Crippen molar-refractivity contribution in [2.24, 2.45) is 4.99 Å². The molecule has 1 rings (SSSR count). The molecule has 29 heavy (non-hydrogen) atoms. The van der Waals surface area contributed by atoms with Crippen LogP contribution in [0.25, 0.3) is 0 Å². The van der Waals surface area contributed by atoms with Crippen molar-refractivity contribution in [1.29, 1.82) is 0 Å². The maximum absolute atomic E-state index is 5.69. The zero-order valence-corrected chi connectivity index (χ0v) is 20.6. The number of aliphatic imine (C=N–C) groups is 1. The molecule has 7 nitrogen and oxygen atoms in total. The minimum absolute atomic E-state index is 0. The molecule has 168 valence electrons. The van der Waals surface area contributed by atoms with Crippen LogP contribution in [0, 0.1) is 0 Å². The van der Waals surface area contributed by atoms with E-state index in [1.165, 1.54) is 5.56 Å². The van der Waals surface area contributed by atoms with Crippen LogP contribution in [0.4, 0.5) is 0 Å². The second-order valence-corrected chi connectivity index (χ2v) is 6.14. The van der Waals surface area contributed by atoms with Crippen LogP contribution >= 0.6 is 24.0 Å². The van der Waals surface area contributed by atoms with E-state index in [4.69, 9.17) is 18.9 Å². The van der Waals surface area contributed by atoms with Crippen LogP contribution in [0.15, 0.2) is 23.2 Å². The summed E-state index contributed by atoms with van der Waals surface area (Å²) in [6.45, 7) is 8.92. The van der Waals surface area contributed by atoms with Crippen LogP contribution < -0.4 is 20.1 Å². The Labute approximate surface area is 192 Å². The lowest BCUT2D eigenvalue weighted by molar-refractivity contribution is 0.0689. The van der Waals surface area contributed by atoms with Crippen molar-refractivity contribution in [2.75, 3.05) is 60.3 Å². The van der Waals surface area contributed by atoms with Gasteiger partial charge in [0.1, 0.15) is 0 Å². The van der Waals surface area contributed by atoms with Gasteiger partial charge in [-0.3, -0.25) is 4.99 Å². The molecule has 0 aliphatic heterocycles. The van der Waals surface area contributed by atoms with Gasteiger partial charge in [-0.15, -0.1) is 24.0 Å². The number of benzene rings is 1. The molecule has 0 spiro atoms. The number of hydrogen-bond donors (Lipinski definition) is 2. The van der Waals surface area contributed by atoms with E-state index >= 15 is 0 Å². The van der Waals surface area contributed by atoms with Crippen molar-refractivity contribution in [1.82, 2.24) is 10.6 Å². The lowest BCUT2D eigenvalue weighted by Crippen LogP contribution is -2.38. The molecule has 0 fully saturated rings. The lowest BCUT2D eigenvalue weighted by atomic mass is 10.1. The zero-order chi connectivity index (χ0) is 20.5. The van der Waals surface area contributed by atoms with Gasteiger partial charge in [0.25, 0.3) is 0 Å². The maximum atomic E-state index is 5.69. The third kappa shape index (κ3) is 12.8.